The minimum Gasteiger partial charge on any atom is -0.501 e. The Bertz CT molecular complexity index is 1720. The smallest absolute Gasteiger partial charge is 0.120 e. The van der Waals surface area contributed by atoms with Crippen LogP contribution in [0.1, 0.15) is 30.9 Å². The Balaban J connectivity index is 0.000000223. The van der Waals surface area contributed by atoms with Crippen LogP contribution in [0.4, 0.5) is 0 Å². The van der Waals surface area contributed by atoms with Crippen molar-refractivity contribution >= 4 is 35.2 Å². The molecule has 40 heavy (non-hydrogen) atoms. The third kappa shape index (κ3) is 6.33. The Morgan fingerprint density at radius 2 is 1.57 bits per heavy atom. The van der Waals surface area contributed by atoms with Gasteiger partial charge in [-0.3, -0.25) is 0 Å². The van der Waals surface area contributed by atoms with Crippen molar-refractivity contribution in [3.05, 3.63) is 115 Å². The van der Waals surface area contributed by atoms with Crippen molar-refractivity contribution in [3.8, 4) is 22.5 Å². The third-order valence-corrected chi connectivity index (χ3v) is 8.88. The fourth-order valence-electron chi connectivity index (χ4n) is 4.67. The number of aromatic nitrogens is 2. The van der Waals surface area contributed by atoms with Gasteiger partial charge in [-0.2, -0.15) is 0 Å². The summed E-state index contributed by atoms with van der Waals surface area (Å²) >= 11 is 0. The molecule has 0 bridgehead atoms. The average molecular weight is 719 g/mol. The number of furan rings is 1. The molecule has 1 radical (unpaired) electrons. The number of para-hydroxylation sites is 1. The summed E-state index contributed by atoms with van der Waals surface area (Å²) in [5.74, 6) is 0.463. The average Bonchev–Trinajstić information content (AvgIpc) is 3.33. The first kappa shape index (κ1) is 29.6. The number of hydrogen-bond acceptors (Lipinski definition) is 3. The van der Waals surface area contributed by atoms with E-state index in [1.54, 1.807) is 0 Å². The van der Waals surface area contributed by atoms with E-state index in [4.69, 9.17) is 4.42 Å². The second-order valence-corrected chi connectivity index (χ2v) is 16.3. The van der Waals surface area contributed by atoms with Crippen LogP contribution in [0.15, 0.2) is 95.7 Å². The summed E-state index contributed by atoms with van der Waals surface area (Å²) in [6.45, 7) is 13.5. The monoisotopic (exact) mass is 719 g/mol. The van der Waals surface area contributed by atoms with Gasteiger partial charge >= 0.3 is 0 Å². The molecule has 3 aromatic carbocycles. The van der Waals surface area contributed by atoms with Crippen LogP contribution < -0.4 is 5.19 Å². The molecule has 6 aromatic rings. The summed E-state index contributed by atoms with van der Waals surface area (Å²) in [5.41, 5.74) is 8.27. The summed E-state index contributed by atoms with van der Waals surface area (Å²) in [6.07, 6.45) is 3.75. The van der Waals surface area contributed by atoms with E-state index in [2.05, 4.69) is 98.1 Å². The van der Waals surface area contributed by atoms with E-state index in [0.717, 1.165) is 39.1 Å². The maximum Gasteiger partial charge on any atom is 0.120 e. The molecular formula is C35H34IrN2OSi-2. The van der Waals surface area contributed by atoms with E-state index in [1.165, 1.54) is 21.7 Å². The van der Waals surface area contributed by atoms with Crippen LogP contribution in [0.3, 0.4) is 0 Å². The van der Waals surface area contributed by atoms with Gasteiger partial charge in [0.15, 0.2) is 0 Å². The van der Waals surface area contributed by atoms with Gasteiger partial charge in [0.2, 0.25) is 0 Å². The molecule has 205 valence electrons. The topological polar surface area (TPSA) is 38.9 Å². The summed E-state index contributed by atoms with van der Waals surface area (Å²) in [7, 11) is -1.50. The fraction of sp³-hybridized carbons (Fsp3) is 0.200. The van der Waals surface area contributed by atoms with Crippen molar-refractivity contribution < 1.29 is 24.5 Å². The van der Waals surface area contributed by atoms with Crippen LogP contribution in [-0.4, -0.2) is 18.0 Å². The molecule has 5 heteroatoms. The number of fused-ring (bicyclic) bond motifs is 3. The Morgan fingerprint density at radius 3 is 2.25 bits per heavy atom. The molecule has 0 saturated carbocycles. The Kier molecular flexibility index (Phi) is 9.20. The number of pyridine rings is 2. The van der Waals surface area contributed by atoms with E-state index in [9.17, 15) is 0 Å². The van der Waals surface area contributed by atoms with Crippen LogP contribution in [0, 0.1) is 19.1 Å². The maximum absolute atomic E-state index is 6.46. The van der Waals surface area contributed by atoms with Crippen LogP contribution in [0.5, 0.6) is 0 Å². The number of aryl methyl sites for hydroxylation is 1. The van der Waals surface area contributed by atoms with Gasteiger partial charge in [-0.05, 0) is 41.0 Å². The molecule has 3 aromatic heterocycles. The Labute approximate surface area is 252 Å². The summed E-state index contributed by atoms with van der Waals surface area (Å²) in [5, 5.41) is 3.70. The minimum atomic E-state index is -1.50. The molecule has 0 aliphatic rings. The van der Waals surface area contributed by atoms with Crippen LogP contribution in [0.2, 0.25) is 19.6 Å². The molecule has 0 amide bonds. The first-order chi connectivity index (χ1) is 18.7. The predicted octanol–water partition coefficient (Wildman–Crippen LogP) is 8.97. The van der Waals surface area contributed by atoms with E-state index in [0.29, 0.717) is 5.92 Å². The molecule has 0 aliphatic carbocycles. The molecule has 0 fully saturated rings. The first-order valence-electron chi connectivity index (χ1n) is 13.4. The standard InChI is InChI=1S/C23H24NOSi.C12H10N.Ir/c1-15(2)16-12-13-24-20(14-16)19-10-6-8-17-18-9-7-11-21(26(3,4)5)23(18)25-22(17)19;1-10-7-8-12(13-9-10)11-5-3-2-4-6-11;/h6-9,11-15H,1-5H3;2-5,7-9H,1H3;/q2*-1;. The summed E-state index contributed by atoms with van der Waals surface area (Å²) < 4.78 is 6.46. The van der Waals surface area contributed by atoms with Crippen LogP contribution in [0.25, 0.3) is 44.5 Å². The number of benzene rings is 3. The predicted molar refractivity (Wildman–Crippen MR) is 166 cm³/mol. The molecule has 0 spiro atoms. The van der Waals surface area contributed by atoms with E-state index >= 15 is 0 Å². The largest absolute Gasteiger partial charge is 0.501 e. The van der Waals surface area contributed by atoms with Crippen LogP contribution >= 0.6 is 0 Å². The quantitative estimate of drug-likeness (QED) is 0.135. The molecule has 0 atom stereocenters. The van der Waals surface area contributed by atoms with Gasteiger partial charge in [-0.1, -0.05) is 86.4 Å². The zero-order chi connectivity index (χ0) is 27.6. The number of rotatable bonds is 4. The van der Waals surface area contributed by atoms with Gasteiger partial charge in [0.1, 0.15) is 5.58 Å². The van der Waals surface area contributed by atoms with Gasteiger partial charge in [0, 0.05) is 37.9 Å². The van der Waals surface area contributed by atoms with Gasteiger partial charge < -0.3 is 14.4 Å². The SMILES string of the molecule is CC(C)c1ccnc(-c2[c-]ccc3c2oc2c([Si](C)(C)C)cccc23)c1.Cc1ccc(-c2[c-]cccc2)nc1.[Ir]. The van der Waals surface area contributed by atoms with E-state index in [-0.39, 0.29) is 20.1 Å². The zero-order valence-electron chi connectivity index (χ0n) is 23.9. The molecule has 6 rings (SSSR count). The van der Waals surface area contributed by atoms with Gasteiger partial charge in [0.25, 0.3) is 0 Å². The Morgan fingerprint density at radius 1 is 0.775 bits per heavy atom. The van der Waals surface area contributed by atoms with Crippen molar-refractivity contribution in [2.75, 3.05) is 0 Å². The fourth-order valence-corrected chi connectivity index (χ4v) is 6.13. The van der Waals surface area contributed by atoms with Crippen molar-refractivity contribution in [3.63, 3.8) is 0 Å². The number of hydrogen-bond donors (Lipinski definition) is 0. The van der Waals surface area contributed by atoms with E-state index < -0.39 is 8.07 Å². The molecule has 0 N–H and O–H groups in total. The van der Waals surface area contributed by atoms with Gasteiger partial charge in [-0.15, -0.1) is 54.1 Å². The van der Waals surface area contributed by atoms with Crippen molar-refractivity contribution in [2.45, 2.75) is 46.3 Å². The second kappa shape index (κ2) is 12.4. The minimum absolute atomic E-state index is 0. The first-order valence-corrected chi connectivity index (χ1v) is 16.9. The van der Waals surface area contributed by atoms with E-state index in [1.807, 2.05) is 55.7 Å². The van der Waals surface area contributed by atoms with Crippen molar-refractivity contribution in [1.82, 2.24) is 9.97 Å². The van der Waals surface area contributed by atoms with Gasteiger partial charge in [0.05, 0.1) is 13.7 Å². The second-order valence-electron chi connectivity index (χ2n) is 11.3. The summed E-state index contributed by atoms with van der Waals surface area (Å²) in [6, 6.07) is 33.3. The summed E-state index contributed by atoms with van der Waals surface area (Å²) in [4.78, 5) is 8.92. The molecule has 0 unspecified atom stereocenters. The number of nitrogens with zero attached hydrogens (tertiary/aromatic N) is 2. The normalized spacial score (nSPS) is 11.3. The molecular weight excluding hydrogens is 685 g/mol. The zero-order valence-corrected chi connectivity index (χ0v) is 27.3. The molecule has 3 heterocycles. The molecule has 0 aliphatic heterocycles. The maximum atomic E-state index is 6.46. The molecule has 0 saturated heterocycles. The van der Waals surface area contributed by atoms with Crippen LogP contribution in [-0.2, 0) is 20.1 Å². The van der Waals surface area contributed by atoms with Crippen molar-refractivity contribution in [1.29, 1.82) is 0 Å². The molecule has 3 nitrogen and oxygen atoms in total. The third-order valence-electron chi connectivity index (χ3n) is 6.87. The van der Waals surface area contributed by atoms with Gasteiger partial charge in [-0.25, -0.2) is 0 Å². The van der Waals surface area contributed by atoms with Crippen molar-refractivity contribution in [2.24, 2.45) is 0 Å². The Hall–Kier alpha value is -3.37.